The maximum absolute atomic E-state index is 12.0. The molecular formula is C17H18N4O3S. The molecule has 0 atom stereocenters. The Morgan fingerprint density at radius 1 is 1.24 bits per heavy atom. The molecule has 0 bridgehead atoms. The monoisotopic (exact) mass is 358 g/mol. The van der Waals surface area contributed by atoms with Gasteiger partial charge in [-0.1, -0.05) is 12.1 Å². The van der Waals surface area contributed by atoms with Crippen LogP contribution in [-0.2, 0) is 4.79 Å². The molecule has 2 rings (SSSR count). The second-order valence-electron chi connectivity index (χ2n) is 4.84. The van der Waals surface area contributed by atoms with Crippen molar-refractivity contribution < 1.29 is 14.3 Å². The molecule has 0 unspecified atom stereocenters. The third kappa shape index (κ3) is 6.11. The van der Waals surface area contributed by atoms with Crippen molar-refractivity contribution in [2.75, 3.05) is 19.0 Å². The number of hydrogen-bond donors (Lipinski definition) is 3. The van der Waals surface area contributed by atoms with Gasteiger partial charge in [-0.2, -0.15) is 5.10 Å². The van der Waals surface area contributed by atoms with Gasteiger partial charge in [0.15, 0.2) is 11.7 Å². The summed E-state index contributed by atoms with van der Waals surface area (Å²) in [6.07, 6.45) is 1.57. The molecule has 2 aromatic carbocycles. The molecule has 0 spiro atoms. The lowest BCUT2D eigenvalue weighted by molar-refractivity contribution is -0.118. The van der Waals surface area contributed by atoms with Gasteiger partial charge >= 0.3 is 0 Å². The summed E-state index contributed by atoms with van der Waals surface area (Å²) in [6, 6.07) is 14.2. The van der Waals surface area contributed by atoms with Crippen LogP contribution in [0.25, 0.3) is 0 Å². The van der Waals surface area contributed by atoms with E-state index in [9.17, 15) is 4.79 Å². The summed E-state index contributed by atoms with van der Waals surface area (Å²) in [5, 5.41) is 6.68. The standard InChI is InChI=1S/C17H18N4O3S/c1-23-15-5-3-2-4-14(15)20-16(22)11-24-13-8-6-12(7-9-13)10-19-21-17(18)25/h2-10H,11H2,1H3,(H,20,22)(H3,18,21,25)/b19-10-. The largest absolute Gasteiger partial charge is 0.495 e. The van der Waals surface area contributed by atoms with Crippen LogP contribution in [0.2, 0.25) is 0 Å². The minimum Gasteiger partial charge on any atom is -0.495 e. The second-order valence-corrected chi connectivity index (χ2v) is 5.28. The Hall–Kier alpha value is -3.13. The molecule has 7 nitrogen and oxygen atoms in total. The van der Waals surface area contributed by atoms with Gasteiger partial charge in [-0.05, 0) is 54.2 Å². The van der Waals surface area contributed by atoms with E-state index in [4.69, 9.17) is 15.2 Å². The van der Waals surface area contributed by atoms with Crippen molar-refractivity contribution in [3.05, 3.63) is 54.1 Å². The van der Waals surface area contributed by atoms with E-state index in [1.165, 1.54) is 0 Å². The summed E-state index contributed by atoms with van der Waals surface area (Å²) < 4.78 is 10.6. The summed E-state index contributed by atoms with van der Waals surface area (Å²) >= 11 is 4.64. The number of amides is 1. The predicted octanol–water partition coefficient (Wildman–Crippen LogP) is 1.88. The molecule has 0 aliphatic carbocycles. The first-order valence-corrected chi connectivity index (χ1v) is 7.73. The molecule has 0 fully saturated rings. The third-order valence-electron chi connectivity index (χ3n) is 3.02. The van der Waals surface area contributed by atoms with Gasteiger partial charge in [0.2, 0.25) is 0 Å². The number of benzene rings is 2. The maximum Gasteiger partial charge on any atom is 0.262 e. The predicted molar refractivity (Wildman–Crippen MR) is 101 cm³/mol. The minimum absolute atomic E-state index is 0.0947. The first-order chi connectivity index (χ1) is 12.1. The van der Waals surface area contributed by atoms with E-state index in [1.807, 2.05) is 12.1 Å². The minimum atomic E-state index is -0.282. The first-order valence-electron chi connectivity index (χ1n) is 7.32. The molecule has 1 amide bonds. The van der Waals surface area contributed by atoms with Gasteiger partial charge in [0.25, 0.3) is 5.91 Å². The summed E-state index contributed by atoms with van der Waals surface area (Å²) in [6.45, 7) is -0.117. The molecule has 4 N–H and O–H groups in total. The van der Waals surface area contributed by atoms with Crippen LogP contribution < -0.4 is 25.9 Å². The van der Waals surface area contributed by atoms with Crippen molar-refractivity contribution in [2.45, 2.75) is 0 Å². The van der Waals surface area contributed by atoms with Gasteiger partial charge in [0, 0.05) is 0 Å². The van der Waals surface area contributed by atoms with Crippen molar-refractivity contribution in [3.63, 3.8) is 0 Å². The van der Waals surface area contributed by atoms with E-state index in [0.717, 1.165) is 5.56 Å². The maximum atomic E-state index is 12.0. The second kappa shape index (κ2) is 9.24. The molecule has 25 heavy (non-hydrogen) atoms. The lowest BCUT2D eigenvalue weighted by Crippen LogP contribution is -2.23. The Balaban J connectivity index is 1.85. The van der Waals surface area contributed by atoms with Crippen LogP contribution in [0.3, 0.4) is 0 Å². The lowest BCUT2D eigenvalue weighted by Gasteiger charge is -2.10. The third-order valence-corrected chi connectivity index (χ3v) is 3.11. The molecular weight excluding hydrogens is 340 g/mol. The fraction of sp³-hybridized carbons (Fsp3) is 0.118. The van der Waals surface area contributed by atoms with E-state index in [0.29, 0.717) is 17.2 Å². The van der Waals surface area contributed by atoms with Crippen LogP contribution in [0.1, 0.15) is 5.56 Å². The quantitative estimate of drug-likeness (QED) is 0.397. The van der Waals surface area contributed by atoms with Crippen molar-refractivity contribution in [1.29, 1.82) is 0 Å². The zero-order chi connectivity index (χ0) is 18.1. The smallest absolute Gasteiger partial charge is 0.262 e. The van der Waals surface area contributed by atoms with Crippen LogP contribution in [0.15, 0.2) is 53.6 Å². The summed E-state index contributed by atoms with van der Waals surface area (Å²) in [7, 11) is 1.54. The van der Waals surface area contributed by atoms with Gasteiger partial charge < -0.3 is 20.5 Å². The molecule has 0 radical (unpaired) electrons. The van der Waals surface area contributed by atoms with Crippen LogP contribution in [0, 0.1) is 0 Å². The van der Waals surface area contributed by atoms with Gasteiger partial charge in [0.1, 0.15) is 11.5 Å². The number of para-hydroxylation sites is 2. The number of rotatable bonds is 7. The normalized spacial score (nSPS) is 10.3. The number of nitrogens with zero attached hydrogens (tertiary/aromatic N) is 1. The van der Waals surface area contributed by atoms with Crippen LogP contribution in [-0.4, -0.2) is 31.0 Å². The van der Waals surface area contributed by atoms with Crippen LogP contribution >= 0.6 is 12.2 Å². The van der Waals surface area contributed by atoms with Gasteiger partial charge in [-0.15, -0.1) is 0 Å². The number of hydrazone groups is 1. The molecule has 8 heteroatoms. The van der Waals surface area contributed by atoms with Crippen LogP contribution in [0.4, 0.5) is 5.69 Å². The topological polar surface area (TPSA) is 98.0 Å². The number of thiocarbonyl (C=S) groups is 1. The number of carbonyl (C=O) groups excluding carboxylic acids is 1. The van der Waals surface area contributed by atoms with Gasteiger partial charge in [-0.3, -0.25) is 10.2 Å². The molecule has 0 aliphatic rings. The van der Waals surface area contributed by atoms with Crippen LogP contribution in [0.5, 0.6) is 11.5 Å². The number of nitrogens with two attached hydrogens (primary N) is 1. The molecule has 0 saturated heterocycles. The van der Waals surface area contributed by atoms with E-state index < -0.39 is 0 Å². The lowest BCUT2D eigenvalue weighted by atomic mass is 10.2. The summed E-state index contributed by atoms with van der Waals surface area (Å²) in [4.78, 5) is 12.0. The highest BCUT2D eigenvalue weighted by Crippen LogP contribution is 2.22. The number of ether oxygens (including phenoxy) is 2. The van der Waals surface area contributed by atoms with E-state index >= 15 is 0 Å². The zero-order valence-electron chi connectivity index (χ0n) is 13.6. The van der Waals surface area contributed by atoms with Gasteiger partial charge in [-0.25, -0.2) is 0 Å². The van der Waals surface area contributed by atoms with E-state index in [-0.39, 0.29) is 17.6 Å². The Bertz CT molecular complexity index is 763. The molecule has 0 aliphatic heterocycles. The average Bonchev–Trinajstić information content (AvgIpc) is 2.61. The first kappa shape index (κ1) is 18.2. The Kier molecular flexibility index (Phi) is 6.73. The number of hydrogen-bond acceptors (Lipinski definition) is 5. The molecule has 2 aromatic rings. The number of carbonyl (C=O) groups is 1. The van der Waals surface area contributed by atoms with Crippen molar-refractivity contribution in [3.8, 4) is 11.5 Å². The highest BCUT2D eigenvalue weighted by molar-refractivity contribution is 7.80. The zero-order valence-corrected chi connectivity index (χ0v) is 14.4. The fourth-order valence-corrected chi connectivity index (χ4v) is 1.96. The summed E-state index contributed by atoms with van der Waals surface area (Å²) in [5.74, 6) is 0.871. The molecule has 130 valence electrons. The average molecular weight is 358 g/mol. The highest BCUT2D eigenvalue weighted by atomic mass is 32.1. The van der Waals surface area contributed by atoms with E-state index in [1.54, 1.807) is 49.7 Å². The highest BCUT2D eigenvalue weighted by Gasteiger charge is 2.07. The Morgan fingerprint density at radius 2 is 1.96 bits per heavy atom. The fourth-order valence-electron chi connectivity index (χ4n) is 1.90. The number of nitrogens with one attached hydrogen (secondary N) is 2. The SMILES string of the molecule is COc1ccccc1NC(=O)COc1ccc(/C=N\NC(N)=S)cc1. The number of anilines is 1. The molecule has 0 aromatic heterocycles. The van der Waals surface area contributed by atoms with E-state index in [2.05, 4.69) is 28.1 Å². The van der Waals surface area contributed by atoms with Crippen molar-refractivity contribution >= 4 is 35.1 Å². The Labute approximate surface area is 150 Å². The Morgan fingerprint density at radius 3 is 2.64 bits per heavy atom. The van der Waals surface area contributed by atoms with Gasteiger partial charge in [0.05, 0.1) is 19.0 Å². The summed E-state index contributed by atoms with van der Waals surface area (Å²) in [5.41, 5.74) is 9.15. The molecule has 0 saturated carbocycles. The number of methoxy groups -OCH3 is 1. The van der Waals surface area contributed by atoms with Crippen molar-refractivity contribution in [1.82, 2.24) is 5.43 Å². The molecule has 0 heterocycles. The van der Waals surface area contributed by atoms with Crippen molar-refractivity contribution in [2.24, 2.45) is 10.8 Å².